The van der Waals surface area contributed by atoms with Crippen LogP contribution in [-0.2, 0) is 12.8 Å². The second-order valence-corrected chi connectivity index (χ2v) is 5.98. The second-order valence-electron chi connectivity index (χ2n) is 3.06. The van der Waals surface area contributed by atoms with Gasteiger partial charge in [-0.15, -0.1) is 11.3 Å². The van der Waals surface area contributed by atoms with Crippen molar-refractivity contribution in [3.8, 4) is 0 Å². The molecule has 0 spiro atoms. The molecular weight excluding hydrogens is 283 g/mol. The molecule has 0 N–H and O–H groups in total. The molecule has 1 aliphatic carbocycles. The van der Waals surface area contributed by atoms with E-state index in [0.717, 1.165) is 12.0 Å². The van der Waals surface area contributed by atoms with Gasteiger partial charge < -0.3 is 0 Å². The Hall–Kier alpha value is 0.1000. The lowest BCUT2D eigenvalue weighted by Crippen LogP contribution is -1.96. The molecule has 2 rings (SSSR count). The molecule has 0 radical (unpaired) electrons. The average Bonchev–Trinajstić information content (AvgIpc) is 2.44. The topological polar surface area (TPSA) is 17.1 Å². The number of hydrogen-bond acceptors (Lipinski definition) is 2. The van der Waals surface area contributed by atoms with Gasteiger partial charge in [-0.25, -0.2) is 0 Å². The van der Waals surface area contributed by atoms with E-state index in [2.05, 4.69) is 22.6 Å². The lowest BCUT2D eigenvalue weighted by atomic mass is 10.1. The van der Waals surface area contributed by atoms with Crippen LogP contribution in [0.2, 0.25) is 0 Å². The largest absolute Gasteiger partial charge is 0.294 e. The number of fused-ring (bicyclic) bond motifs is 1. The molecule has 1 aliphatic rings. The first-order valence-electron chi connectivity index (χ1n) is 4.01. The van der Waals surface area contributed by atoms with Gasteiger partial charge in [-0.1, -0.05) is 0 Å². The molecular formula is C9H9IOS. The van der Waals surface area contributed by atoms with E-state index in [-0.39, 0.29) is 5.78 Å². The van der Waals surface area contributed by atoms with Crippen LogP contribution in [-0.4, -0.2) is 5.78 Å². The molecule has 0 bridgehead atoms. The maximum Gasteiger partial charge on any atom is 0.162 e. The van der Waals surface area contributed by atoms with Crippen LogP contribution in [0.25, 0.3) is 0 Å². The van der Waals surface area contributed by atoms with Gasteiger partial charge in [0.1, 0.15) is 0 Å². The van der Waals surface area contributed by atoms with E-state index in [0.29, 0.717) is 0 Å². The van der Waals surface area contributed by atoms with Crippen molar-refractivity contribution in [3.05, 3.63) is 18.9 Å². The quantitative estimate of drug-likeness (QED) is 0.574. The number of thiophene rings is 1. The first-order valence-corrected chi connectivity index (χ1v) is 5.90. The fourth-order valence-corrected chi connectivity index (χ4v) is 4.38. The summed E-state index contributed by atoms with van der Waals surface area (Å²) in [6.45, 7) is 1.67. The monoisotopic (exact) mass is 292 g/mol. The van der Waals surface area contributed by atoms with Gasteiger partial charge in [0, 0.05) is 10.4 Å². The van der Waals surface area contributed by atoms with Crippen molar-refractivity contribution >= 4 is 39.7 Å². The Labute approximate surface area is 89.3 Å². The zero-order chi connectivity index (χ0) is 8.72. The Morgan fingerprint density at radius 3 is 2.92 bits per heavy atom. The highest BCUT2D eigenvalue weighted by Crippen LogP contribution is 2.36. The highest BCUT2D eigenvalue weighted by atomic mass is 127. The van der Waals surface area contributed by atoms with Crippen molar-refractivity contribution in [3.63, 3.8) is 0 Å². The van der Waals surface area contributed by atoms with Gasteiger partial charge in [0.15, 0.2) is 5.78 Å². The summed E-state index contributed by atoms with van der Waals surface area (Å²) >= 11 is 4.07. The third-order valence-electron chi connectivity index (χ3n) is 2.23. The van der Waals surface area contributed by atoms with Crippen molar-refractivity contribution in [1.29, 1.82) is 0 Å². The van der Waals surface area contributed by atoms with Gasteiger partial charge in [-0.05, 0) is 54.3 Å². The number of carbonyl (C=O) groups is 1. The van der Waals surface area contributed by atoms with Crippen molar-refractivity contribution in [2.24, 2.45) is 0 Å². The average molecular weight is 292 g/mol. The number of hydrogen-bond donors (Lipinski definition) is 0. The van der Waals surface area contributed by atoms with Crippen LogP contribution in [0.5, 0.6) is 0 Å². The summed E-state index contributed by atoms with van der Waals surface area (Å²) in [6.07, 6.45) is 3.53. The third kappa shape index (κ3) is 1.23. The van der Waals surface area contributed by atoms with Crippen molar-refractivity contribution in [2.45, 2.75) is 26.2 Å². The van der Waals surface area contributed by atoms with Crippen LogP contribution in [0, 0.1) is 2.88 Å². The number of carbonyl (C=O) groups excluding carboxylic acids is 1. The lowest BCUT2D eigenvalue weighted by molar-refractivity contribution is 0.101. The van der Waals surface area contributed by atoms with Crippen LogP contribution in [0.3, 0.4) is 0 Å². The van der Waals surface area contributed by atoms with Crippen LogP contribution in [0.4, 0.5) is 0 Å². The zero-order valence-corrected chi connectivity index (χ0v) is 9.79. The highest BCUT2D eigenvalue weighted by Gasteiger charge is 2.22. The smallest absolute Gasteiger partial charge is 0.162 e. The second kappa shape index (κ2) is 3.10. The van der Waals surface area contributed by atoms with E-state index < -0.39 is 0 Å². The Kier molecular flexibility index (Phi) is 2.25. The van der Waals surface area contributed by atoms with Gasteiger partial charge in [0.05, 0.1) is 2.88 Å². The molecule has 1 aromatic rings. The minimum absolute atomic E-state index is 0.235. The SMILES string of the molecule is CC(=O)c1c(I)sc2c1CCC2. The zero-order valence-electron chi connectivity index (χ0n) is 6.82. The normalized spacial score (nSPS) is 14.8. The molecule has 0 aliphatic heterocycles. The van der Waals surface area contributed by atoms with Gasteiger partial charge in [-0.3, -0.25) is 4.79 Å². The number of ketones is 1. The minimum Gasteiger partial charge on any atom is -0.294 e. The van der Waals surface area contributed by atoms with Crippen LogP contribution >= 0.6 is 33.9 Å². The Balaban J connectivity index is 2.59. The molecule has 1 aromatic heterocycles. The molecule has 1 heterocycles. The van der Waals surface area contributed by atoms with Crippen molar-refractivity contribution in [1.82, 2.24) is 0 Å². The summed E-state index contributed by atoms with van der Waals surface area (Å²) in [5.41, 5.74) is 2.35. The van der Waals surface area contributed by atoms with Gasteiger partial charge in [0.25, 0.3) is 0 Å². The van der Waals surface area contributed by atoms with E-state index in [4.69, 9.17) is 0 Å². The Morgan fingerprint density at radius 1 is 1.50 bits per heavy atom. The molecule has 0 atom stereocenters. The first-order chi connectivity index (χ1) is 5.70. The highest BCUT2D eigenvalue weighted by molar-refractivity contribution is 14.1. The summed E-state index contributed by atoms with van der Waals surface area (Å²) in [7, 11) is 0. The fourth-order valence-electron chi connectivity index (χ4n) is 1.72. The first kappa shape index (κ1) is 8.69. The summed E-state index contributed by atoms with van der Waals surface area (Å²) in [5, 5.41) is 0. The van der Waals surface area contributed by atoms with E-state index >= 15 is 0 Å². The molecule has 12 heavy (non-hydrogen) atoms. The maximum absolute atomic E-state index is 11.3. The molecule has 0 saturated heterocycles. The molecule has 1 nitrogen and oxygen atoms in total. The predicted molar refractivity (Wildman–Crippen MR) is 59.1 cm³/mol. The molecule has 0 amide bonds. The molecule has 0 aromatic carbocycles. The Bertz CT molecular complexity index is 341. The third-order valence-corrected chi connectivity index (χ3v) is 4.51. The summed E-state index contributed by atoms with van der Waals surface area (Å²) in [4.78, 5) is 12.7. The molecule has 64 valence electrons. The standard InChI is InChI=1S/C9H9IOS/c1-5(11)8-6-3-2-4-7(6)12-9(8)10/h2-4H2,1H3. The van der Waals surface area contributed by atoms with E-state index in [1.54, 1.807) is 18.3 Å². The fraction of sp³-hybridized carbons (Fsp3) is 0.444. The van der Waals surface area contributed by atoms with Crippen molar-refractivity contribution < 1.29 is 4.79 Å². The van der Waals surface area contributed by atoms with Crippen LogP contribution < -0.4 is 0 Å². The number of Topliss-reactive ketones (excluding diaryl/α,β-unsaturated/α-hetero) is 1. The molecule has 0 unspecified atom stereocenters. The van der Waals surface area contributed by atoms with E-state index in [1.807, 2.05) is 0 Å². The molecule has 0 fully saturated rings. The van der Waals surface area contributed by atoms with Gasteiger partial charge >= 0.3 is 0 Å². The van der Waals surface area contributed by atoms with Crippen LogP contribution in [0.15, 0.2) is 0 Å². The van der Waals surface area contributed by atoms with Crippen molar-refractivity contribution in [2.75, 3.05) is 0 Å². The Morgan fingerprint density at radius 2 is 2.25 bits per heavy atom. The summed E-state index contributed by atoms with van der Waals surface area (Å²) in [6, 6.07) is 0. The maximum atomic E-state index is 11.3. The number of rotatable bonds is 1. The number of halogens is 1. The summed E-state index contributed by atoms with van der Waals surface area (Å²) in [5.74, 6) is 0.235. The van der Waals surface area contributed by atoms with Crippen LogP contribution in [0.1, 0.15) is 34.1 Å². The lowest BCUT2D eigenvalue weighted by Gasteiger charge is -1.95. The molecule has 0 saturated carbocycles. The predicted octanol–water partition coefficient (Wildman–Crippen LogP) is 3.04. The van der Waals surface area contributed by atoms with Gasteiger partial charge in [0.2, 0.25) is 0 Å². The minimum atomic E-state index is 0.235. The molecule has 3 heteroatoms. The van der Waals surface area contributed by atoms with E-state index in [1.165, 1.54) is 26.2 Å². The van der Waals surface area contributed by atoms with Gasteiger partial charge in [-0.2, -0.15) is 0 Å². The van der Waals surface area contributed by atoms with E-state index in [9.17, 15) is 4.79 Å². The number of aryl methyl sites for hydroxylation is 1. The summed E-state index contributed by atoms with van der Waals surface area (Å²) < 4.78 is 1.19.